The van der Waals surface area contributed by atoms with Gasteiger partial charge in [-0.15, -0.1) is 0 Å². The predicted molar refractivity (Wildman–Crippen MR) is 68.6 cm³/mol. The third-order valence-corrected chi connectivity index (χ3v) is 3.03. The van der Waals surface area contributed by atoms with E-state index >= 15 is 0 Å². The van der Waals surface area contributed by atoms with Crippen LogP contribution in [-0.4, -0.2) is 19.0 Å². The topological polar surface area (TPSA) is 47.6 Å². The van der Waals surface area contributed by atoms with Gasteiger partial charge in [0.05, 0.1) is 0 Å². The van der Waals surface area contributed by atoms with Crippen LogP contribution in [0.2, 0.25) is 0 Å². The fraction of sp³-hybridized carbons (Fsp3) is 0.417. The van der Waals surface area contributed by atoms with E-state index in [1.165, 1.54) is 5.56 Å². The monoisotopic (exact) mass is 282 g/mol. The summed E-state index contributed by atoms with van der Waals surface area (Å²) in [6.07, 6.45) is 1.78. The van der Waals surface area contributed by atoms with E-state index in [4.69, 9.17) is 10.5 Å². The Morgan fingerprint density at radius 2 is 2.38 bits per heavy atom. The van der Waals surface area contributed by atoms with E-state index in [-0.39, 0.29) is 6.04 Å². The first-order chi connectivity index (χ1) is 7.79. The number of aliphatic imine (C=N–C) groups is 1. The first-order valence-corrected chi connectivity index (χ1v) is 6.24. The second-order valence-electron chi connectivity index (χ2n) is 3.80. The van der Waals surface area contributed by atoms with Crippen molar-refractivity contribution in [2.75, 3.05) is 13.2 Å². The lowest BCUT2D eigenvalue weighted by molar-refractivity contribution is 0.311. The molecular weight excluding hydrogens is 268 g/mol. The lowest BCUT2D eigenvalue weighted by atomic mass is 10.1. The Labute approximate surface area is 104 Å². The molecule has 0 saturated carbocycles. The fourth-order valence-electron chi connectivity index (χ4n) is 1.70. The van der Waals surface area contributed by atoms with Gasteiger partial charge in [-0.2, -0.15) is 0 Å². The Morgan fingerprint density at radius 3 is 3.12 bits per heavy atom. The van der Waals surface area contributed by atoms with E-state index in [9.17, 15) is 0 Å². The van der Waals surface area contributed by atoms with Gasteiger partial charge in [0.25, 0.3) is 0 Å². The molecular formula is C12H15BrN2O. The molecule has 86 valence electrons. The van der Waals surface area contributed by atoms with Crippen LogP contribution in [0.3, 0.4) is 0 Å². The van der Waals surface area contributed by atoms with Gasteiger partial charge in [0.1, 0.15) is 12.6 Å². The summed E-state index contributed by atoms with van der Waals surface area (Å²) in [7, 11) is 0. The maximum Gasteiger partial charge on any atom is 0.184 e. The molecule has 0 bridgehead atoms. The molecule has 0 radical (unpaired) electrons. The Morgan fingerprint density at radius 1 is 1.50 bits per heavy atom. The summed E-state index contributed by atoms with van der Waals surface area (Å²) in [6.45, 7) is 1.33. The van der Waals surface area contributed by atoms with E-state index in [0.29, 0.717) is 13.2 Å². The Balaban J connectivity index is 2.04. The summed E-state index contributed by atoms with van der Waals surface area (Å²) in [5.74, 6) is 0.843. The van der Waals surface area contributed by atoms with Gasteiger partial charge < -0.3 is 10.5 Å². The Bertz CT molecular complexity index is 392. The van der Waals surface area contributed by atoms with E-state index < -0.39 is 0 Å². The number of nitrogens with two attached hydrogens (primary N) is 1. The van der Waals surface area contributed by atoms with E-state index in [1.807, 2.05) is 12.1 Å². The van der Waals surface area contributed by atoms with E-state index in [1.54, 1.807) is 0 Å². The average molecular weight is 283 g/mol. The molecule has 1 unspecified atom stereocenters. The van der Waals surface area contributed by atoms with Crippen LogP contribution < -0.4 is 5.73 Å². The van der Waals surface area contributed by atoms with Gasteiger partial charge in [0, 0.05) is 10.9 Å². The molecule has 0 aromatic heterocycles. The largest absolute Gasteiger partial charge is 0.478 e. The summed E-state index contributed by atoms with van der Waals surface area (Å²) in [5.41, 5.74) is 6.65. The molecule has 1 aromatic carbocycles. The second-order valence-corrected chi connectivity index (χ2v) is 4.71. The van der Waals surface area contributed by atoms with Gasteiger partial charge in [-0.05, 0) is 30.7 Å². The van der Waals surface area contributed by atoms with Gasteiger partial charge in [0.2, 0.25) is 0 Å². The summed E-state index contributed by atoms with van der Waals surface area (Å²) in [4.78, 5) is 4.55. The first-order valence-electron chi connectivity index (χ1n) is 5.44. The molecule has 1 aliphatic heterocycles. The maximum absolute atomic E-state index is 5.54. The molecule has 0 amide bonds. The van der Waals surface area contributed by atoms with Crippen molar-refractivity contribution in [3.8, 4) is 0 Å². The maximum atomic E-state index is 5.54. The molecule has 16 heavy (non-hydrogen) atoms. The van der Waals surface area contributed by atoms with Crippen LogP contribution in [0.1, 0.15) is 24.4 Å². The lowest BCUT2D eigenvalue weighted by Gasteiger charge is -2.04. The molecule has 0 aliphatic carbocycles. The highest BCUT2D eigenvalue weighted by Crippen LogP contribution is 2.26. The van der Waals surface area contributed by atoms with Crippen molar-refractivity contribution in [2.45, 2.75) is 18.9 Å². The number of hydrogen-bond donors (Lipinski definition) is 1. The standard InChI is InChI=1S/C12H15BrN2O/c13-10-4-1-3-9(7-10)11-8-16-12(15-11)5-2-6-14/h1,3-4,7,11H,2,5-6,8,14H2. The zero-order valence-electron chi connectivity index (χ0n) is 9.03. The van der Waals surface area contributed by atoms with E-state index in [2.05, 4.69) is 33.1 Å². The quantitative estimate of drug-likeness (QED) is 0.923. The van der Waals surface area contributed by atoms with Crippen molar-refractivity contribution in [1.29, 1.82) is 0 Å². The predicted octanol–water partition coefficient (Wildman–Crippen LogP) is 2.66. The summed E-state index contributed by atoms with van der Waals surface area (Å²) in [5, 5.41) is 0. The number of halogens is 1. The summed E-state index contributed by atoms with van der Waals surface area (Å²) < 4.78 is 6.62. The van der Waals surface area contributed by atoms with Crippen LogP contribution >= 0.6 is 15.9 Å². The van der Waals surface area contributed by atoms with E-state index in [0.717, 1.165) is 23.2 Å². The van der Waals surface area contributed by atoms with Crippen molar-refractivity contribution < 1.29 is 4.74 Å². The van der Waals surface area contributed by atoms with Crippen molar-refractivity contribution >= 4 is 21.8 Å². The number of nitrogens with zero attached hydrogens (tertiary/aromatic N) is 1. The Hall–Kier alpha value is -0.870. The average Bonchev–Trinajstić information content (AvgIpc) is 2.75. The van der Waals surface area contributed by atoms with Crippen molar-refractivity contribution in [3.63, 3.8) is 0 Å². The van der Waals surface area contributed by atoms with Crippen molar-refractivity contribution in [2.24, 2.45) is 10.7 Å². The van der Waals surface area contributed by atoms with Crippen molar-refractivity contribution in [1.82, 2.24) is 0 Å². The summed E-state index contributed by atoms with van der Waals surface area (Å²) >= 11 is 3.46. The molecule has 4 heteroatoms. The van der Waals surface area contributed by atoms with Gasteiger partial charge in [0.15, 0.2) is 5.90 Å². The molecule has 2 rings (SSSR count). The minimum atomic E-state index is 0.144. The van der Waals surface area contributed by atoms with Crippen LogP contribution in [-0.2, 0) is 4.74 Å². The Kier molecular flexibility index (Phi) is 3.96. The zero-order chi connectivity index (χ0) is 11.4. The molecule has 1 aliphatic rings. The first kappa shape index (κ1) is 11.6. The smallest absolute Gasteiger partial charge is 0.184 e. The highest BCUT2D eigenvalue weighted by Gasteiger charge is 2.19. The highest BCUT2D eigenvalue weighted by atomic mass is 79.9. The normalized spacial score (nSPS) is 19.4. The highest BCUT2D eigenvalue weighted by molar-refractivity contribution is 9.10. The lowest BCUT2D eigenvalue weighted by Crippen LogP contribution is -2.04. The van der Waals surface area contributed by atoms with Crippen molar-refractivity contribution in [3.05, 3.63) is 34.3 Å². The minimum absolute atomic E-state index is 0.144. The zero-order valence-corrected chi connectivity index (χ0v) is 10.6. The van der Waals surface area contributed by atoms with Gasteiger partial charge >= 0.3 is 0 Å². The minimum Gasteiger partial charge on any atom is -0.478 e. The fourth-order valence-corrected chi connectivity index (χ4v) is 2.12. The third kappa shape index (κ3) is 2.83. The number of hydrogen-bond acceptors (Lipinski definition) is 3. The van der Waals surface area contributed by atoms with Crippen LogP contribution in [0, 0.1) is 0 Å². The molecule has 1 atom stereocenters. The third-order valence-electron chi connectivity index (χ3n) is 2.54. The molecule has 0 saturated heterocycles. The van der Waals surface area contributed by atoms with Crippen LogP contribution in [0.4, 0.5) is 0 Å². The molecule has 0 fully saturated rings. The molecule has 3 nitrogen and oxygen atoms in total. The van der Waals surface area contributed by atoms with Gasteiger partial charge in [-0.25, -0.2) is 4.99 Å². The molecule has 2 N–H and O–H groups in total. The van der Waals surface area contributed by atoms with Gasteiger partial charge in [-0.3, -0.25) is 0 Å². The van der Waals surface area contributed by atoms with Crippen LogP contribution in [0.15, 0.2) is 33.7 Å². The number of ether oxygens (including phenoxy) is 1. The number of rotatable bonds is 4. The SMILES string of the molecule is NCCCC1=NC(c2cccc(Br)c2)CO1. The second kappa shape index (κ2) is 5.46. The molecule has 0 spiro atoms. The van der Waals surface area contributed by atoms with Crippen LogP contribution in [0.25, 0.3) is 0 Å². The van der Waals surface area contributed by atoms with Crippen LogP contribution in [0.5, 0.6) is 0 Å². The molecule has 1 heterocycles. The number of benzene rings is 1. The summed E-state index contributed by atoms with van der Waals surface area (Å²) in [6, 6.07) is 8.34. The van der Waals surface area contributed by atoms with Gasteiger partial charge in [-0.1, -0.05) is 28.1 Å². The molecule has 1 aromatic rings.